The third-order valence-corrected chi connectivity index (χ3v) is 6.54. The minimum Gasteiger partial charge on any atom is -0.382 e. The Balaban J connectivity index is 1.35. The fourth-order valence-electron chi connectivity index (χ4n) is 4.92. The zero-order valence-corrected chi connectivity index (χ0v) is 17.4. The first-order chi connectivity index (χ1) is 14.6. The Morgan fingerprint density at radius 2 is 1.93 bits per heavy atom. The molecule has 7 nitrogen and oxygen atoms in total. The van der Waals surface area contributed by atoms with Gasteiger partial charge in [-0.1, -0.05) is 0 Å². The van der Waals surface area contributed by atoms with Crippen molar-refractivity contribution in [3.8, 4) is 5.69 Å². The lowest BCUT2D eigenvalue weighted by molar-refractivity contribution is -0.117. The SMILES string of the molecule is CN1CCC(CC(=O)Nc2ccc(-n3c4c(c5ncnc(N)c53)CCC4)cc2)CC1. The van der Waals surface area contributed by atoms with Gasteiger partial charge in [-0.05, 0) is 88.0 Å². The molecular formula is C23H28N6O. The summed E-state index contributed by atoms with van der Waals surface area (Å²) in [5, 5.41) is 3.06. The van der Waals surface area contributed by atoms with Crippen molar-refractivity contribution >= 4 is 28.4 Å². The summed E-state index contributed by atoms with van der Waals surface area (Å²) < 4.78 is 2.19. The van der Waals surface area contributed by atoms with Crippen molar-refractivity contribution < 1.29 is 4.79 Å². The quantitative estimate of drug-likeness (QED) is 0.697. The average molecular weight is 405 g/mol. The molecule has 3 aromatic rings. The lowest BCUT2D eigenvalue weighted by atomic mass is 9.93. The molecule has 156 valence electrons. The summed E-state index contributed by atoms with van der Waals surface area (Å²) in [6.45, 7) is 2.16. The number of nitrogen functional groups attached to an aromatic ring is 1. The number of nitrogens with zero attached hydrogens (tertiary/aromatic N) is 4. The van der Waals surface area contributed by atoms with Crippen molar-refractivity contribution in [1.82, 2.24) is 19.4 Å². The van der Waals surface area contributed by atoms with Crippen molar-refractivity contribution in [2.45, 2.75) is 38.5 Å². The minimum absolute atomic E-state index is 0.0993. The Bertz CT molecular complexity index is 1080. The third kappa shape index (κ3) is 3.43. The van der Waals surface area contributed by atoms with Gasteiger partial charge in [-0.25, -0.2) is 9.97 Å². The summed E-state index contributed by atoms with van der Waals surface area (Å²) in [6.07, 6.45) is 7.51. The maximum absolute atomic E-state index is 12.5. The van der Waals surface area contributed by atoms with Crippen LogP contribution in [0.15, 0.2) is 30.6 Å². The van der Waals surface area contributed by atoms with Crippen LogP contribution in [0.2, 0.25) is 0 Å². The number of benzene rings is 1. The molecule has 1 aromatic carbocycles. The maximum atomic E-state index is 12.5. The number of rotatable bonds is 4. The van der Waals surface area contributed by atoms with Gasteiger partial charge in [0.2, 0.25) is 5.91 Å². The molecule has 0 radical (unpaired) electrons. The molecule has 0 spiro atoms. The highest BCUT2D eigenvalue weighted by Crippen LogP contribution is 2.36. The fourth-order valence-corrected chi connectivity index (χ4v) is 4.92. The van der Waals surface area contributed by atoms with Crippen LogP contribution < -0.4 is 11.1 Å². The van der Waals surface area contributed by atoms with Gasteiger partial charge in [0, 0.05) is 23.5 Å². The molecule has 1 aliphatic carbocycles. The van der Waals surface area contributed by atoms with Gasteiger partial charge in [-0.3, -0.25) is 4.79 Å². The van der Waals surface area contributed by atoms with Crippen molar-refractivity contribution in [2.24, 2.45) is 5.92 Å². The molecule has 1 saturated heterocycles. The van der Waals surface area contributed by atoms with Crippen LogP contribution in [-0.2, 0) is 17.6 Å². The van der Waals surface area contributed by atoms with E-state index < -0.39 is 0 Å². The lowest BCUT2D eigenvalue weighted by Gasteiger charge is -2.28. The van der Waals surface area contributed by atoms with Crippen LogP contribution in [-0.4, -0.2) is 45.5 Å². The normalized spacial score (nSPS) is 17.4. The zero-order valence-electron chi connectivity index (χ0n) is 17.4. The number of amides is 1. The number of nitrogens with one attached hydrogen (secondary N) is 1. The molecule has 0 unspecified atom stereocenters. The second-order valence-electron chi connectivity index (χ2n) is 8.62. The number of aryl methyl sites for hydroxylation is 1. The molecule has 1 fully saturated rings. The molecule has 30 heavy (non-hydrogen) atoms. The monoisotopic (exact) mass is 404 g/mol. The molecule has 2 aliphatic rings. The van der Waals surface area contributed by atoms with Gasteiger partial charge in [0.15, 0.2) is 5.82 Å². The highest BCUT2D eigenvalue weighted by molar-refractivity contribution is 5.92. The zero-order chi connectivity index (χ0) is 20.7. The van der Waals surface area contributed by atoms with Gasteiger partial charge < -0.3 is 20.5 Å². The summed E-state index contributed by atoms with van der Waals surface area (Å²) in [4.78, 5) is 23.5. The Morgan fingerprint density at radius 3 is 2.70 bits per heavy atom. The molecule has 2 aromatic heterocycles. The summed E-state index contributed by atoms with van der Waals surface area (Å²) in [7, 11) is 2.14. The predicted molar refractivity (Wildman–Crippen MR) is 119 cm³/mol. The van der Waals surface area contributed by atoms with Crippen LogP contribution in [0.25, 0.3) is 16.7 Å². The largest absolute Gasteiger partial charge is 0.382 e. The number of anilines is 2. The number of nitrogens with two attached hydrogens (primary N) is 1. The first-order valence-electron chi connectivity index (χ1n) is 10.8. The highest BCUT2D eigenvalue weighted by Gasteiger charge is 2.25. The van der Waals surface area contributed by atoms with E-state index in [9.17, 15) is 4.79 Å². The van der Waals surface area contributed by atoms with Gasteiger partial charge in [-0.2, -0.15) is 0 Å². The summed E-state index contributed by atoms with van der Waals surface area (Å²) in [5.74, 6) is 1.09. The van der Waals surface area contributed by atoms with Gasteiger partial charge in [0.05, 0.1) is 5.52 Å². The van der Waals surface area contributed by atoms with Crippen molar-refractivity contribution in [3.05, 3.63) is 41.9 Å². The second kappa shape index (κ2) is 7.72. The highest BCUT2D eigenvalue weighted by atomic mass is 16.1. The number of carbonyl (C=O) groups is 1. The van der Waals surface area contributed by atoms with Crippen molar-refractivity contribution in [3.63, 3.8) is 0 Å². The molecule has 1 amide bonds. The van der Waals surface area contributed by atoms with Gasteiger partial charge in [-0.15, -0.1) is 0 Å². The van der Waals surface area contributed by atoms with E-state index >= 15 is 0 Å². The van der Waals surface area contributed by atoms with E-state index in [2.05, 4.69) is 31.8 Å². The number of carbonyl (C=O) groups excluding carboxylic acids is 1. The van der Waals surface area contributed by atoms with E-state index in [1.54, 1.807) is 6.33 Å². The van der Waals surface area contributed by atoms with E-state index in [1.165, 1.54) is 11.3 Å². The first-order valence-corrected chi connectivity index (χ1v) is 10.8. The molecular weight excluding hydrogens is 376 g/mol. The smallest absolute Gasteiger partial charge is 0.224 e. The van der Waals surface area contributed by atoms with Crippen molar-refractivity contribution in [2.75, 3.05) is 31.2 Å². The van der Waals surface area contributed by atoms with Crippen molar-refractivity contribution in [1.29, 1.82) is 0 Å². The van der Waals surface area contributed by atoms with E-state index in [4.69, 9.17) is 5.73 Å². The van der Waals surface area contributed by atoms with Crippen LogP contribution in [0.4, 0.5) is 11.5 Å². The van der Waals surface area contributed by atoms with Crippen LogP contribution in [0.3, 0.4) is 0 Å². The van der Waals surface area contributed by atoms with Crippen LogP contribution in [0.5, 0.6) is 0 Å². The Kier molecular flexibility index (Phi) is 4.90. The van der Waals surface area contributed by atoms with Gasteiger partial charge in [0.25, 0.3) is 0 Å². The summed E-state index contributed by atoms with van der Waals surface area (Å²) in [5.41, 5.74) is 12.5. The average Bonchev–Trinajstić information content (AvgIpc) is 3.32. The second-order valence-corrected chi connectivity index (χ2v) is 8.62. The van der Waals surface area contributed by atoms with E-state index in [0.717, 1.165) is 67.6 Å². The molecule has 0 saturated carbocycles. The standard InChI is InChI=1S/C23H28N6O/c1-28-11-9-15(10-12-28)13-20(30)27-16-5-7-17(8-6-16)29-19-4-2-3-18(19)21-22(29)23(24)26-14-25-21/h5-8,14-15H,2-4,9-13H2,1H3,(H,27,30)(H2,24,25,26). The fraction of sp³-hybridized carbons (Fsp3) is 0.435. The number of fused-ring (bicyclic) bond motifs is 3. The molecule has 0 atom stereocenters. The summed E-state index contributed by atoms with van der Waals surface area (Å²) >= 11 is 0. The van der Waals surface area contributed by atoms with Crippen LogP contribution in [0.1, 0.15) is 36.9 Å². The number of piperidine rings is 1. The molecule has 0 bridgehead atoms. The Hall–Kier alpha value is -2.93. The van der Waals surface area contributed by atoms with E-state index in [1.807, 2.05) is 24.3 Å². The lowest BCUT2D eigenvalue weighted by Crippen LogP contribution is -2.31. The topological polar surface area (TPSA) is 89.1 Å². The first kappa shape index (κ1) is 19.1. The molecule has 3 N–H and O–H groups in total. The van der Waals surface area contributed by atoms with Gasteiger partial charge >= 0.3 is 0 Å². The van der Waals surface area contributed by atoms with Gasteiger partial charge in [0.1, 0.15) is 11.8 Å². The number of likely N-dealkylation sites (tertiary alicyclic amines) is 1. The third-order valence-electron chi connectivity index (χ3n) is 6.54. The van der Waals surface area contributed by atoms with E-state index in [0.29, 0.717) is 18.2 Å². The van der Waals surface area contributed by atoms with E-state index in [-0.39, 0.29) is 5.91 Å². The molecule has 7 heteroatoms. The number of hydrogen-bond acceptors (Lipinski definition) is 5. The molecule has 5 rings (SSSR count). The predicted octanol–water partition coefficient (Wildman–Crippen LogP) is 3.16. The Morgan fingerprint density at radius 1 is 1.17 bits per heavy atom. The summed E-state index contributed by atoms with van der Waals surface area (Å²) in [6, 6.07) is 8.01. The minimum atomic E-state index is 0.0993. The molecule has 3 heterocycles. The van der Waals surface area contributed by atoms with Crippen LogP contribution >= 0.6 is 0 Å². The van der Waals surface area contributed by atoms with Crippen LogP contribution in [0, 0.1) is 5.92 Å². The number of hydrogen-bond donors (Lipinski definition) is 2. The molecule has 1 aliphatic heterocycles. The Labute approximate surface area is 176 Å². The number of aromatic nitrogens is 3. The maximum Gasteiger partial charge on any atom is 0.224 e.